The molecule has 0 radical (unpaired) electrons. The number of aromatic amines is 1. The fourth-order valence-corrected chi connectivity index (χ4v) is 3.48. The molecule has 0 saturated carbocycles. The van der Waals surface area contributed by atoms with Crippen LogP contribution in [0.15, 0.2) is 49.1 Å². The largest absolute Gasteiger partial charge is 0.489 e. The molecule has 0 aliphatic carbocycles. The lowest BCUT2D eigenvalue weighted by atomic mass is 9.78. The summed E-state index contributed by atoms with van der Waals surface area (Å²) in [6.07, 6.45) is 2.19. The summed E-state index contributed by atoms with van der Waals surface area (Å²) in [6, 6.07) is 11.8. The molecule has 5 heteroatoms. The molecule has 0 unspecified atom stereocenters. The predicted octanol–water partition coefficient (Wildman–Crippen LogP) is 4.41. The first-order valence-electron chi connectivity index (χ1n) is 8.65. The SMILES string of the molecule is C=CCOc1ccccc1-c1nc2cc3c(cc2[nH]1)C(C)(C)CC(=O)N3. The van der Waals surface area contributed by atoms with Gasteiger partial charge in [-0.2, -0.15) is 0 Å². The Morgan fingerprint density at radius 3 is 2.92 bits per heavy atom. The van der Waals surface area contributed by atoms with Gasteiger partial charge < -0.3 is 15.0 Å². The second kappa shape index (κ2) is 6.02. The average Bonchev–Trinajstić information content (AvgIpc) is 3.01. The van der Waals surface area contributed by atoms with E-state index in [9.17, 15) is 4.79 Å². The van der Waals surface area contributed by atoms with Crippen LogP contribution in [-0.4, -0.2) is 22.5 Å². The number of rotatable bonds is 4. The second-order valence-electron chi connectivity index (χ2n) is 7.21. The Labute approximate surface area is 152 Å². The van der Waals surface area contributed by atoms with Gasteiger partial charge in [0, 0.05) is 17.5 Å². The van der Waals surface area contributed by atoms with Gasteiger partial charge in [0.1, 0.15) is 18.2 Å². The minimum Gasteiger partial charge on any atom is -0.489 e. The molecule has 1 aromatic heterocycles. The summed E-state index contributed by atoms with van der Waals surface area (Å²) in [5, 5.41) is 2.97. The fourth-order valence-electron chi connectivity index (χ4n) is 3.48. The molecule has 2 aromatic carbocycles. The molecule has 26 heavy (non-hydrogen) atoms. The van der Waals surface area contributed by atoms with Crippen molar-refractivity contribution in [3.63, 3.8) is 0 Å². The normalized spacial score (nSPS) is 15.4. The first kappa shape index (κ1) is 16.4. The maximum Gasteiger partial charge on any atom is 0.225 e. The van der Waals surface area contributed by atoms with Crippen molar-refractivity contribution in [1.29, 1.82) is 0 Å². The Kier molecular flexibility index (Phi) is 3.80. The maximum absolute atomic E-state index is 12.0. The number of hydrogen-bond acceptors (Lipinski definition) is 3. The molecule has 1 aliphatic rings. The third-order valence-corrected chi connectivity index (χ3v) is 4.73. The molecule has 1 amide bonds. The number of aromatic nitrogens is 2. The number of anilines is 1. The van der Waals surface area contributed by atoms with Crippen molar-refractivity contribution in [3.05, 3.63) is 54.6 Å². The van der Waals surface area contributed by atoms with Crippen molar-refractivity contribution >= 4 is 22.6 Å². The van der Waals surface area contributed by atoms with Gasteiger partial charge in [0.05, 0.1) is 16.6 Å². The summed E-state index contributed by atoms with van der Waals surface area (Å²) in [5.41, 5.74) is 4.41. The van der Waals surface area contributed by atoms with Crippen molar-refractivity contribution in [2.45, 2.75) is 25.7 Å². The number of nitrogens with zero attached hydrogens (tertiary/aromatic N) is 1. The van der Waals surface area contributed by atoms with Crippen LogP contribution in [-0.2, 0) is 10.2 Å². The highest BCUT2D eigenvalue weighted by molar-refractivity contribution is 5.98. The van der Waals surface area contributed by atoms with Crippen LogP contribution in [0.4, 0.5) is 5.69 Å². The zero-order chi connectivity index (χ0) is 18.3. The second-order valence-corrected chi connectivity index (χ2v) is 7.21. The van der Waals surface area contributed by atoms with Crippen LogP contribution in [0.25, 0.3) is 22.4 Å². The van der Waals surface area contributed by atoms with Crippen molar-refractivity contribution < 1.29 is 9.53 Å². The minimum absolute atomic E-state index is 0.0424. The van der Waals surface area contributed by atoms with E-state index >= 15 is 0 Å². The van der Waals surface area contributed by atoms with Crippen molar-refractivity contribution in [2.75, 3.05) is 11.9 Å². The fraction of sp³-hybridized carbons (Fsp3) is 0.238. The Morgan fingerprint density at radius 2 is 2.12 bits per heavy atom. The number of carbonyl (C=O) groups excluding carboxylic acids is 1. The quantitative estimate of drug-likeness (QED) is 0.687. The van der Waals surface area contributed by atoms with Gasteiger partial charge in [0.15, 0.2) is 0 Å². The van der Waals surface area contributed by atoms with Gasteiger partial charge >= 0.3 is 0 Å². The van der Waals surface area contributed by atoms with Gasteiger partial charge in [0.25, 0.3) is 0 Å². The summed E-state index contributed by atoms with van der Waals surface area (Å²) in [6.45, 7) is 8.31. The summed E-state index contributed by atoms with van der Waals surface area (Å²) in [4.78, 5) is 20.1. The monoisotopic (exact) mass is 347 g/mol. The molecule has 0 bridgehead atoms. The summed E-state index contributed by atoms with van der Waals surface area (Å²) in [7, 11) is 0. The predicted molar refractivity (Wildman–Crippen MR) is 103 cm³/mol. The number of fused-ring (bicyclic) bond motifs is 2. The first-order chi connectivity index (χ1) is 12.5. The molecule has 2 N–H and O–H groups in total. The Balaban J connectivity index is 1.83. The summed E-state index contributed by atoms with van der Waals surface area (Å²) in [5.74, 6) is 1.54. The third kappa shape index (κ3) is 2.75. The Bertz CT molecular complexity index is 1020. The minimum atomic E-state index is -0.206. The van der Waals surface area contributed by atoms with Gasteiger partial charge in [-0.25, -0.2) is 4.98 Å². The van der Waals surface area contributed by atoms with Crippen LogP contribution in [0.5, 0.6) is 5.75 Å². The van der Waals surface area contributed by atoms with E-state index < -0.39 is 0 Å². The molecular weight excluding hydrogens is 326 g/mol. The van der Waals surface area contributed by atoms with Crippen molar-refractivity contribution in [2.24, 2.45) is 0 Å². The zero-order valence-corrected chi connectivity index (χ0v) is 14.9. The number of ether oxygens (including phenoxy) is 1. The van der Waals surface area contributed by atoms with E-state index in [2.05, 4.69) is 36.8 Å². The highest BCUT2D eigenvalue weighted by atomic mass is 16.5. The zero-order valence-electron chi connectivity index (χ0n) is 14.9. The molecule has 132 valence electrons. The van der Waals surface area contributed by atoms with Crippen LogP contribution in [0, 0.1) is 0 Å². The van der Waals surface area contributed by atoms with Gasteiger partial charge in [-0.1, -0.05) is 38.6 Å². The van der Waals surface area contributed by atoms with E-state index in [1.165, 1.54) is 0 Å². The number of H-pyrrole nitrogens is 1. The van der Waals surface area contributed by atoms with Gasteiger partial charge in [-0.05, 0) is 29.8 Å². The van der Waals surface area contributed by atoms with Crippen LogP contribution in [0.3, 0.4) is 0 Å². The molecular formula is C21H21N3O2. The first-order valence-corrected chi connectivity index (χ1v) is 8.65. The summed E-state index contributed by atoms with van der Waals surface area (Å²) < 4.78 is 5.75. The molecule has 4 rings (SSSR count). The number of nitrogens with one attached hydrogen (secondary N) is 2. The Hall–Kier alpha value is -3.08. The van der Waals surface area contributed by atoms with Gasteiger partial charge in [-0.15, -0.1) is 0 Å². The number of imidazole rings is 1. The molecule has 2 heterocycles. The van der Waals surface area contributed by atoms with Crippen LogP contribution in [0.2, 0.25) is 0 Å². The average molecular weight is 347 g/mol. The lowest BCUT2D eigenvalue weighted by molar-refractivity contribution is -0.117. The molecule has 5 nitrogen and oxygen atoms in total. The molecule has 0 fully saturated rings. The van der Waals surface area contributed by atoms with Gasteiger partial charge in [-0.3, -0.25) is 4.79 Å². The van der Waals surface area contributed by atoms with E-state index in [-0.39, 0.29) is 11.3 Å². The molecule has 0 saturated heterocycles. The van der Waals surface area contributed by atoms with Gasteiger partial charge in [0.2, 0.25) is 5.91 Å². The number of para-hydroxylation sites is 1. The standard InChI is InChI=1S/C21H21N3O2/c1-4-9-26-18-8-6-5-7-13(18)20-23-16-10-14-15(11-17(16)24-20)22-19(25)12-21(14,2)3/h4-8,10-11H,1,9,12H2,2-3H3,(H,22,25)(H,23,24). The van der Waals surface area contributed by atoms with Crippen LogP contribution >= 0.6 is 0 Å². The third-order valence-electron chi connectivity index (χ3n) is 4.73. The van der Waals surface area contributed by atoms with Crippen molar-refractivity contribution in [1.82, 2.24) is 9.97 Å². The molecule has 1 aliphatic heterocycles. The lowest BCUT2D eigenvalue weighted by Gasteiger charge is -2.31. The summed E-state index contributed by atoms with van der Waals surface area (Å²) >= 11 is 0. The topological polar surface area (TPSA) is 67.0 Å². The highest BCUT2D eigenvalue weighted by Crippen LogP contribution is 2.39. The van der Waals surface area contributed by atoms with E-state index in [4.69, 9.17) is 9.72 Å². The Morgan fingerprint density at radius 1 is 1.31 bits per heavy atom. The number of amides is 1. The molecule has 3 aromatic rings. The van der Waals surface area contributed by atoms with Crippen molar-refractivity contribution in [3.8, 4) is 17.1 Å². The number of hydrogen-bond donors (Lipinski definition) is 2. The molecule has 0 spiro atoms. The highest BCUT2D eigenvalue weighted by Gasteiger charge is 2.32. The number of benzene rings is 2. The van der Waals surface area contributed by atoms with E-state index in [1.54, 1.807) is 6.08 Å². The van der Waals surface area contributed by atoms with E-state index in [0.29, 0.717) is 13.0 Å². The lowest BCUT2D eigenvalue weighted by Crippen LogP contribution is -2.32. The molecule has 0 atom stereocenters. The van der Waals surface area contributed by atoms with E-state index in [0.717, 1.165) is 39.4 Å². The van der Waals surface area contributed by atoms with Crippen LogP contribution < -0.4 is 10.1 Å². The smallest absolute Gasteiger partial charge is 0.225 e. The van der Waals surface area contributed by atoms with E-state index in [1.807, 2.05) is 30.3 Å². The van der Waals surface area contributed by atoms with Crippen LogP contribution in [0.1, 0.15) is 25.8 Å². The number of carbonyl (C=O) groups is 1. The maximum atomic E-state index is 12.0.